The monoisotopic (exact) mass is 410 g/mol. The second-order valence-corrected chi connectivity index (χ2v) is 8.76. The van der Waals surface area contributed by atoms with Gasteiger partial charge in [0.2, 0.25) is 5.91 Å². The van der Waals surface area contributed by atoms with Gasteiger partial charge in [-0.1, -0.05) is 23.7 Å². The molecular formula is C20H32BClN2O4. The van der Waals surface area contributed by atoms with Gasteiger partial charge in [-0.25, -0.2) is 0 Å². The van der Waals surface area contributed by atoms with Gasteiger partial charge in [-0.05, 0) is 64.7 Å². The summed E-state index contributed by atoms with van der Waals surface area (Å²) in [5, 5.41) is 3.72. The number of rotatable bonds is 9. The minimum atomic E-state index is -0.730. The normalized spacial score (nSPS) is 20.0. The Balaban J connectivity index is 2.03. The Bertz CT molecular complexity index is 638. The first-order valence-electron chi connectivity index (χ1n) is 9.71. The molecule has 0 spiro atoms. The lowest BCUT2D eigenvalue weighted by molar-refractivity contribution is -0.123. The summed E-state index contributed by atoms with van der Waals surface area (Å²) in [4.78, 5) is 12.5. The summed E-state index contributed by atoms with van der Waals surface area (Å²) >= 11 is 5.95. The highest BCUT2D eigenvalue weighted by atomic mass is 35.5. The Morgan fingerprint density at radius 2 is 1.79 bits per heavy atom. The zero-order valence-corrected chi connectivity index (χ0v) is 18.2. The van der Waals surface area contributed by atoms with Crippen LogP contribution in [0.4, 0.5) is 0 Å². The first-order valence-corrected chi connectivity index (χ1v) is 10.1. The number of ether oxygens (including phenoxy) is 1. The van der Waals surface area contributed by atoms with Crippen molar-refractivity contribution in [1.29, 1.82) is 0 Å². The standard InChI is InChI=1S/C20H32BClN2O4/c1-19(2)20(3,4)28-21(27-19)17(24-18(25)16(23)13-26-5)8-6-7-14-9-11-15(22)12-10-14/h9-12,16-17H,6-8,13,23H2,1-5H3,(H,24,25)/t16-,17+/m1/s1. The van der Waals surface area contributed by atoms with Gasteiger partial charge in [0.25, 0.3) is 0 Å². The van der Waals surface area contributed by atoms with E-state index in [0.717, 1.165) is 17.9 Å². The van der Waals surface area contributed by atoms with Crippen molar-refractivity contribution in [2.24, 2.45) is 5.73 Å². The van der Waals surface area contributed by atoms with E-state index in [1.807, 2.05) is 52.0 Å². The van der Waals surface area contributed by atoms with E-state index in [1.54, 1.807) is 0 Å². The van der Waals surface area contributed by atoms with Crippen LogP contribution in [0.1, 0.15) is 46.1 Å². The number of nitrogens with one attached hydrogen (secondary N) is 1. The summed E-state index contributed by atoms with van der Waals surface area (Å²) in [6, 6.07) is 7.06. The lowest BCUT2D eigenvalue weighted by Gasteiger charge is -2.32. The zero-order chi connectivity index (χ0) is 20.9. The molecule has 0 unspecified atom stereocenters. The van der Waals surface area contributed by atoms with Gasteiger partial charge in [-0.3, -0.25) is 4.79 Å². The number of methoxy groups -OCH3 is 1. The number of amides is 1. The van der Waals surface area contributed by atoms with Crippen molar-refractivity contribution in [3.8, 4) is 0 Å². The molecule has 28 heavy (non-hydrogen) atoms. The van der Waals surface area contributed by atoms with Crippen LogP contribution in [-0.2, 0) is 25.3 Å². The van der Waals surface area contributed by atoms with Gasteiger partial charge in [0.15, 0.2) is 0 Å². The fraction of sp³-hybridized carbons (Fsp3) is 0.650. The number of hydrogen-bond acceptors (Lipinski definition) is 5. The minimum absolute atomic E-state index is 0.159. The van der Waals surface area contributed by atoms with E-state index in [9.17, 15) is 4.79 Å². The van der Waals surface area contributed by atoms with Crippen LogP contribution in [0.25, 0.3) is 0 Å². The third-order valence-corrected chi connectivity index (χ3v) is 5.76. The van der Waals surface area contributed by atoms with Crippen molar-refractivity contribution < 1.29 is 18.8 Å². The van der Waals surface area contributed by atoms with Crippen LogP contribution in [-0.4, -0.2) is 49.9 Å². The smallest absolute Gasteiger partial charge is 0.402 e. The maximum absolute atomic E-state index is 12.5. The summed E-state index contributed by atoms with van der Waals surface area (Å²) in [6.07, 6.45) is 2.42. The van der Waals surface area contributed by atoms with Crippen LogP contribution in [0.2, 0.25) is 5.02 Å². The number of carbonyl (C=O) groups is 1. The topological polar surface area (TPSA) is 82.8 Å². The molecule has 0 aliphatic carbocycles. The number of hydrogen-bond donors (Lipinski definition) is 2. The average molecular weight is 411 g/mol. The zero-order valence-electron chi connectivity index (χ0n) is 17.5. The third kappa shape index (κ3) is 5.94. The molecule has 1 aliphatic rings. The van der Waals surface area contributed by atoms with Crippen molar-refractivity contribution in [3.05, 3.63) is 34.9 Å². The van der Waals surface area contributed by atoms with Crippen molar-refractivity contribution >= 4 is 24.6 Å². The second-order valence-electron chi connectivity index (χ2n) is 8.32. The number of halogens is 1. The van der Waals surface area contributed by atoms with Crippen LogP contribution in [0.5, 0.6) is 0 Å². The highest BCUT2D eigenvalue weighted by molar-refractivity contribution is 6.48. The summed E-state index contributed by atoms with van der Waals surface area (Å²) in [5.74, 6) is -0.572. The quantitative estimate of drug-likeness (QED) is 0.612. The lowest BCUT2D eigenvalue weighted by Crippen LogP contribution is -2.53. The fourth-order valence-electron chi connectivity index (χ4n) is 3.05. The van der Waals surface area contributed by atoms with E-state index >= 15 is 0 Å². The number of aryl methyl sites for hydroxylation is 1. The van der Waals surface area contributed by atoms with E-state index in [-0.39, 0.29) is 18.5 Å². The summed E-state index contributed by atoms with van der Waals surface area (Å²) < 4.78 is 17.3. The maximum atomic E-state index is 12.5. The molecular weight excluding hydrogens is 378 g/mol. The van der Waals surface area contributed by atoms with Crippen molar-refractivity contribution in [1.82, 2.24) is 5.32 Å². The second kappa shape index (κ2) is 9.59. The predicted octanol–water partition coefficient (Wildman–Crippen LogP) is 2.75. The Kier molecular flexibility index (Phi) is 7.93. The first-order chi connectivity index (χ1) is 13.1. The molecule has 1 amide bonds. The van der Waals surface area contributed by atoms with Crippen LogP contribution in [0.3, 0.4) is 0 Å². The molecule has 2 rings (SSSR count). The SMILES string of the molecule is COC[C@@H](N)C(=O)N[C@@H](CCCc1ccc(Cl)cc1)B1OC(C)(C)C(C)(C)O1. The van der Waals surface area contributed by atoms with E-state index in [4.69, 9.17) is 31.4 Å². The Labute approximate surface area is 173 Å². The molecule has 0 saturated carbocycles. The predicted molar refractivity (Wildman–Crippen MR) is 112 cm³/mol. The summed E-state index contributed by atoms with van der Waals surface area (Å²) in [7, 11) is 0.985. The minimum Gasteiger partial charge on any atom is -0.402 e. The Morgan fingerprint density at radius 1 is 1.21 bits per heavy atom. The molecule has 2 atom stereocenters. The highest BCUT2D eigenvalue weighted by Crippen LogP contribution is 2.38. The molecule has 0 aromatic heterocycles. The number of carbonyl (C=O) groups excluding carboxylic acids is 1. The molecule has 1 aromatic carbocycles. The fourth-order valence-corrected chi connectivity index (χ4v) is 3.18. The molecule has 3 N–H and O–H groups in total. The number of nitrogens with two attached hydrogens (primary N) is 1. The van der Waals surface area contributed by atoms with Crippen LogP contribution < -0.4 is 11.1 Å². The van der Waals surface area contributed by atoms with Gasteiger partial charge in [0.1, 0.15) is 6.04 Å². The van der Waals surface area contributed by atoms with E-state index < -0.39 is 24.4 Å². The van der Waals surface area contributed by atoms with Gasteiger partial charge >= 0.3 is 7.12 Å². The Morgan fingerprint density at radius 3 is 2.32 bits per heavy atom. The van der Waals surface area contributed by atoms with Gasteiger partial charge in [0, 0.05) is 12.1 Å². The number of benzene rings is 1. The van der Waals surface area contributed by atoms with Crippen molar-refractivity contribution in [2.45, 2.75) is 70.1 Å². The molecule has 0 bridgehead atoms. The Hall–Kier alpha value is -1.12. The molecule has 1 aromatic rings. The molecule has 1 fully saturated rings. The molecule has 6 nitrogen and oxygen atoms in total. The molecule has 156 valence electrons. The van der Waals surface area contributed by atoms with Crippen LogP contribution in [0, 0.1) is 0 Å². The molecule has 1 saturated heterocycles. The summed E-state index contributed by atoms with van der Waals surface area (Å²) in [6.45, 7) is 8.14. The van der Waals surface area contributed by atoms with E-state index in [0.29, 0.717) is 6.42 Å². The molecule has 8 heteroatoms. The summed E-state index contributed by atoms with van der Waals surface area (Å²) in [5.41, 5.74) is 6.14. The molecule has 0 radical (unpaired) electrons. The molecule has 1 aliphatic heterocycles. The molecule has 1 heterocycles. The van der Waals surface area contributed by atoms with Crippen molar-refractivity contribution in [3.63, 3.8) is 0 Å². The van der Waals surface area contributed by atoms with Gasteiger partial charge in [0.05, 0.1) is 23.8 Å². The van der Waals surface area contributed by atoms with Crippen molar-refractivity contribution in [2.75, 3.05) is 13.7 Å². The van der Waals surface area contributed by atoms with Gasteiger partial charge < -0.3 is 25.1 Å². The first kappa shape index (κ1) is 23.2. The van der Waals surface area contributed by atoms with Gasteiger partial charge in [-0.15, -0.1) is 0 Å². The lowest BCUT2D eigenvalue weighted by atomic mass is 9.75. The largest absolute Gasteiger partial charge is 0.481 e. The van der Waals surface area contributed by atoms with E-state index in [1.165, 1.54) is 12.7 Å². The maximum Gasteiger partial charge on any atom is 0.481 e. The van der Waals surface area contributed by atoms with E-state index in [2.05, 4.69) is 5.32 Å². The average Bonchev–Trinajstić information content (AvgIpc) is 2.83. The van der Waals surface area contributed by atoms with Crippen LogP contribution in [0.15, 0.2) is 24.3 Å². The van der Waals surface area contributed by atoms with Gasteiger partial charge in [-0.2, -0.15) is 0 Å². The third-order valence-electron chi connectivity index (χ3n) is 5.50. The van der Waals surface area contributed by atoms with Crippen LogP contribution >= 0.6 is 11.6 Å². The highest BCUT2D eigenvalue weighted by Gasteiger charge is 2.54.